The van der Waals surface area contributed by atoms with E-state index < -0.39 is 49.4 Å². The van der Waals surface area contributed by atoms with E-state index in [0.29, 0.717) is 6.42 Å². The Hall–Kier alpha value is -1.30. The first-order chi connectivity index (χ1) is 28.8. The second-order valence-electron chi connectivity index (χ2n) is 17.6. The SMILES string of the molecule is CCCCCCCCCCCCCCCCCCCCCCC(=O)OC[C@@H](CO[C@H]1O[C@@H](CO)[C@@H](O)C(O)C1O)OC(=O)CCCCCCCCCCCCCCCC. The zero-order valence-corrected chi connectivity index (χ0v) is 38.3. The van der Waals surface area contributed by atoms with Crippen molar-refractivity contribution >= 4 is 11.9 Å². The zero-order valence-electron chi connectivity index (χ0n) is 38.3. The standard InChI is InChI=1S/C49H94O10/c1-3-5-7-9-11-13-15-17-19-20-21-22-23-24-26-27-29-31-33-35-37-44(51)56-40-42(41-57-49-48(55)47(54)46(53)43(39-50)59-49)58-45(52)38-36-34-32-30-28-25-18-16-14-12-10-8-6-4-2/h42-43,46-50,53-55H,3-41H2,1-2H3/t42-,43-,46+,47?,48?,49-/m0/s1. The molecule has 0 amide bonds. The molecule has 59 heavy (non-hydrogen) atoms. The highest BCUT2D eigenvalue weighted by atomic mass is 16.7. The lowest BCUT2D eigenvalue weighted by Gasteiger charge is -2.39. The molecule has 4 N–H and O–H groups in total. The third kappa shape index (κ3) is 32.1. The summed E-state index contributed by atoms with van der Waals surface area (Å²) in [6.45, 7) is 3.47. The van der Waals surface area contributed by atoms with E-state index in [-0.39, 0.29) is 32.0 Å². The molecular weight excluding hydrogens is 749 g/mol. The summed E-state index contributed by atoms with van der Waals surface area (Å²) in [6.07, 6.45) is 35.4. The van der Waals surface area contributed by atoms with Crippen molar-refractivity contribution in [1.29, 1.82) is 0 Å². The Labute approximate surface area is 361 Å². The van der Waals surface area contributed by atoms with Gasteiger partial charge < -0.3 is 39.4 Å². The molecule has 1 rings (SSSR count). The first-order valence-corrected chi connectivity index (χ1v) is 25.1. The van der Waals surface area contributed by atoms with Crippen LogP contribution in [-0.2, 0) is 28.5 Å². The van der Waals surface area contributed by atoms with Crippen LogP contribution >= 0.6 is 0 Å². The Morgan fingerprint density at radius 2 is 0.797 bits per heavy atom. The van der Waals surface area contributed by atoms with Crippen molar-refractivity contribution in [3.63, 3.8) is 0 Å². The Morgan fingerprint density at radius 1 is 0.458 bits per heavy atom. The Kier molecular flexibility index (Phi) is 38.5. The van der Waals surface area contributed by atoms with Gasteiger partial charge in [-0.15, -0.1) is 0 Å². The fourth-order valence-corrected chi connectivity index (χ4v) is 8.01. The van der Waals surface area contributed by atoms with E-state index in [1.54, 1.807) is 0 Å². The summed E-state index contributed by atoms with van der Waals surface area (Å²) in [4.78, 5) is 25.4. The monoisotopic (exact) mass is 843 g/mol. The zero-order chi connectivity index (χ0) is 43.0. The quantitative estimate of drug-likeness (QED) is 0.0345. The van der Waals surface area contributed by atoms with Gasteiger partial charge in [0.1, 0.15) is 31.0 Å². The minimum atomic E-state index is -1.59. The van der Waals surface area contributed by atoms with Gasteiger partial charge in [0.15, 0.2) is 12.4 Å². The van der Waals surface area contributed by atoms with Crippen molar-refractivity contribution in [2.75, 3.05) is 19.8 Å². The van der Waals surface area contributed by atoms with Gasteiger partial charge in [0.2, 0.25) is 0 Å². The summed E-state index contributed by atoms with van der Waals surface area (Å²) >= 11 is 0. The average molecular weight is 843 g/mol. The number of carbonyl (C=O) groups is 2. The molecule has 1 heterocycles. The van der Waals surface area contributed by atoms with Gasteiger partial charge in [-0.25, -0.2) is 0 Å². The molecule has 1 fully saturated rings. The number of esters is 2. The molecule has 2 unspecified atom stereocenters. The normalized spacial score (nSPS) is 19.9. The molecule has 10 nitrogen and oxygen atoms in total. The maximum atomic E-state index is 12.8. The van der Waals surface area contributed by atoms with Gasteiger partial charge in [-0.05, 0) is 12.8 Å². The smallest absolute Gasteiger partial charge is 0.306 e. The lowest BCUT2D eigenvalue weighted by Crippen LogP contribution is -2.59. The largest absolute Gasteiger partial charge is 0.462 e. The lowest BCUT2D eigenvalue weighted by molar-refractivity contribution is -0.305. The molecule has 0 aliphatic carbocycles. The molecule has 10 heteroatoms. The van der Waals surface area contributed by atoms with E-state index >= 15 is 0 Å². The van der Waals surface area contributed by atoms with Gasteiger partial charge in [0.25, 0.3) is 0 Å². The van der Waals surface area contributed by atoms with Crippen LogP contribution in [0.5, 0.6) is 0 Å². The van der Waals surface area contributed by atoms with Crippen LogP contribution in [-0.4, -0.2) is 89.0 Å². The number of aliphatic hydroxyl groups excluding tert-OH is 4. The van der Waals surface area contributed by atoms with Crippen LogP contribution in [0.2, 0.25) is 0 Å². The van der Waals surface area contributed by atoms with Crippen LogP contribution in [0.15, 0.2) is 0 Å². The van der Waals surface area contributed by atoms with Crippen molar-refractivity contribution in [2.24, 2.45) is 0 Å². The minimum Gasteiger partial charge on any atom is -0.462 e. The van der Waals surface area contributed by atoms with E-state index in [1.807, 2.05) is 0 Å². The van der Waals surface area contributed by atoms with Crippen LogP contribution in [0.25, 0.3) is 0 Å². The van der Waals surface area contributed by atoms with Gasteiger partial charge in [0.05, 0.1) is 13.2 Å². The molecule has 0 radical (unpaired) electrons. The van der Waals surface area contributed by atoms with Crippen molar-refractivity contribution in [3.8, 4) is 0 Å². The molecule has 0 bridgehead atoms. The van der Waals surface area contributed by atoms with Crippen LogP contribution in [0.3, 0.4) is 0 Å². The number of carbonyl (C=O) groups excluding carboxylic acids is 2. The van der Waals surface area contributed by atoms with Crippen LogP contribution in [0.4, 0.5) is 0 Å². The summed E-state index contributed by atoms with van der Waals surface area (Å²) in [5.74, 6) is -0.787. The second-order valence-corrected chi connectivity index (χ2v) is 17.6. The molecule has 0 aromatic rings. The fraction of sp³-hybridized carbons (Fsp3) is 0.959. The van der Waals surface area contributed by atoms with Crippen LogP contribution in [0.1, 0.15) is 245 Å². The summed E-state index contributed by atoms with van der Waals surface area (Å²) in [5, 5.41) is 40.1. The molecular formula is C49H94O10. The third-order valence-corrected chi connectivity index (χ3v) is 12.0. The molecule has 0 aromatic carbocycles. The van der Waals surface area contributed by atoms with E-state index in [1.165, 1.54) is 173 Å². The molecule has 6 atom stereocenters. The first kappa shape index (κ1) is 55.7. The van der Waals surface area contributed by atoms with Crippen molar-refractivity contribution in [2.45, 2.75) is 282 Å². The van der Waals surface area contributed by atoms with Gasteiger partial charge in [-0.3, -0.25) is 9.59 Å². The lowest BCUT2D eigenvalue weighted by atomic mass is 9.99. The van der Waals surface area contributed by atoms with E-state index in [9.17, 15) is 30.0 Å². The van der Waals surface area contributed by atoms with E-state index in [4.69, 9.17) is 18.9 Å². The van der Waals surface area contributed by atoms with E-state index in [2.05, 4.69) is 13.8 Å². The molecule has 350 valence electrons. The molecule has 0 aromatic heterocycles. The number of rotatable bonds is 43. The van der Waals surface area contributed by atoms with Gasteiger partial charge in [-0.2, -0.15) is 0 Å². The predicted molar refractivity (Wildman–Crippen MR) is 238 cm³/mol. The van der Waals surface area contributed by atoms with Crippen molar-refractivity contribution < 1.29 is 49.0 Å². The van der Waals surface area contributed by atoms with Crippen LogP contribution < -0.4 is 0 Å². The number of ether oxygens (including phenoxy) is 4. The van der Waals surface area contributed by atoms with Crippen molar-refractivity contribution in [3.05, 3.63) is 0 Å². The summed E-state index contributed by atoms with van der Waals surface area (Å²) in [6, 6.07) is 0. The first-order valence-electron chi connectivity index (χ1n) is 25.1. The third-order valence-electron chi connectivity index (χ3n) is 12.0. The maximum Gasteiger partial charge on any atom is 0.306 e. The van der Waals surface area contributed by atoms with Gasteiger partial charge in [-0.1, -0.05) is 219 Å². The topological polar surface area (TPSA) is 152 Å². The minimum absolute atomic E-state index is 0.208. The highest BCUT2D eigenvalue weighted by Gasteiger charge is 2.44. The summed E-state index contributed by atoms with van der Waals surface area (Å²) in [7, 11) is 0. The van der Waals surface area contributed by atoms with Gasteiger partial charge >= 0.3 is 11.9 Å². The Morgan fingerprint density at radius 3 is 1.15 bits per heavy atom. The Bertz CT molecular complexity index is 932. The average Bonchev–Trinajstić information content (AvgIpc) is 3.23. The second kappa shape index (κ2) is 40.8. The maximum absolute atomic E-state index is 12.8. The number of hydrogen-bond acceptors (Lipinski definition) is 10. The Balaban J connectivity index is 2.23. The van der Waals surface area contributed by atoms with Crippen molar-refractivity contribution in [1.82, 2.24) is 0 Å². The molecule has 0 saturated carbocycles. The van der Waals surface area contributed by atoms with Gasteiger partial charge in [0, 0.05) is 12.8 Å². The van der Waals surface area contributed by atoms with Crippen LogP contribution in [0, 0.1) is 0 Å². The molecule has 0 spiro atoms. The molecule has 1 aliphatic heterocycles. The summed E-state index contributed by atoms with van der Waals surface area (Å²) < 4.78 is 22.2. The highest BCUT2D eigenvalue weighted by molar-refractivity contribution is 5.70. The number of hydrogen-bond donors (Lipinski definition) is 4. The molecule has 1 aliphatic rings. The highest BCUT2D eigenvalue weighted by Crippen LogP contribution is 2.23. The molecule has 1 saturated heterocycles. The summed E-state index contributed by atoms with van der Waals surface area (Å²) in [5.41, 5.74) is 0. The number of aliphatic hydroxyl groups is 4. The predicted octanol–water partition coefficient (Wildman–Crippen LogP) is 11.3. The fourth-order valence-electron chi connectivity index (χ4n) is 8.01. The van der Waals surface area contributed by atoms with E-state index in [0.717, 1.165) is 38.5 Å². The number of unbranched alkanes of at least 4 members (excludes halogenated alkanes) is 32.